The van der Waals surface area contributed by atoms with Crippen molar-refractivity contribution >= 4 is 56.0 Å². The lowest BCUT2D eigenvalue weighted by atomic mass is 10.0. The quantitative estimate of drug-likeness (QED) is 0.487. The second-order valence-corrected chi connectivity index (χ2v) is 7.50. The number of nitrogens with zero attached hydrogens (tertiary/aromatic N) is 3. The number of pyridine rings is 2. The Morgan fingerprint density at radius 1 is 1.22 bits per heavy atom. The Morgan fingerprint density at radius 2 is 2.00 bits per heavy atom. The van der Waals surface area contributed by atoms with Crippen molar-refractivity contribution in [1.29, 1.82) is 5.26 Å². The number of thiophene rings is 2. The van der Waals surface area contributed by atoms with Crippen molar-refractivity contribution < 1.29 is 4.79 Å². The molecule has 0 aliphatic rings. The fourth-order valence-corrected chi connectivity index (χ4v) is 4.53. The maximum atomic E-state index is 12.7. The summed E-state index contributed by atoms with van der Waals surface area (Å²) < 4.78 is 0. The van der Waals surface area contributed by atoms with Crippen LogP contribution >= 0.6 is 22.7 Å². The van der Waals surface area contributed by atoms with Crippen molar-refractivity contribution in [2.75, 3.05) is 16.8 Å². The van der Waals surface area contributed by atoms with Gasteiger partial charge in [0.15, 0.2) is 0 Å². The third-order valence-electron chi connectivity index (χ3n) is 3.93. The Balaban J connectivity index is 1.91. The Bertz CT molecular complexity index is 1190. The number of nitrogens with two attached hydrogens (primary N) is 2. The monoisotopic (exact) mass is 392 g/mol. The van der Waals surface area contributed by atoms with E-state index in [1.54, 1.807) is 24.5 Å². The molecule has 0 aromatic carbocycles. The molecule has 27 heavy (non-hydrogen) atoms. The molecule has 0 spiro atoms. The predicted molar refractivity (Wildman–Crippen MR) is 109 cm³/mol. The summed E-state index contributed by atoms with van der Waals surface area (Å²) in [6.07, 6.45) is 3.17. The number of aromatic nitrogens is 2. The molecular formula is C18H12N6OS2. The van der Waals surface area contributed by atoms with Crippen LogP contribution in [0.25, 0.3) is 20.7 Å². The average Bonchev–Trinajstić information content (AvgIpc) is 3.30. The molecule has 0 fully saturated rings. The summed E-state index contributed by atoms with van der Waals surface area (Å²) in [5.41, 5.74) is 14.1. The lowest BCUT2D eigenvalue weighted by Gasteiger charge is -2.07. The van der Waals surface area contributed by atoms with Gasteiger partial charge in [-0.3, -0.25) is 9.78 Å². The fourth-order valence-electron chi connectivity index (χ4n) is 2.74. The van der Waals surface area contributed by atoms with E-state index in [1.165, 1.54) is 11.3 Å². The molecule has 0 saturated heterocycles. The third kappa shape index (κ3) is 2.87. The predicted octanol–water partition coefficient (Wildman–Crippen LogP) is 3.71. The van der Waals surface area contributed by atoms with Crippen LogP contribution in [-0.2, 0) is 0 Å². The zero-order chi connectivity index (χ0) is 19.0. The van der Waals surface area contributed by atoms with Gasteiger partial charge in [0, 0.05) is 33.9 Å². The zero-order valence-electron chi connectivity index (χ0n) is 13.8. The van der Waals surface area contributed by atoms with Gasteiger partial charge in [0.1, 0.15) is 27.2 Å². The number of nitrogens with one attached hydrogen (secondary N) is 1. The van der Waals surface area contributed by atoms with E-state index >= 15 is 0 Å². The maximum Gasteiger partial charge on any atom is 0.267 e. The lowest BCUT2D eigenvalue weighted by molar-refractivity contribution is 0.103. The Morgan fingerprint density at radius 3 is 2.67 bits per heavy atom. The summed E-state index contributed by atoms with van der Waals surface area (Å²) in [6, 6.07) is 9.24. The second-order valence-electron chi connectivity index (χ2n) is 5.55. The number of nitriles is 1. The van der Waals surface area contributed by atoms with Gasteiger partial charge in [-0.05, 0) is 23.6 Å². The normalized spacial score (nSPS) is 10.6. The molecule has 0 aliphatic heterocycles. The molecule has 5 N–H and O–H groups in total. The number of hydrogen-bond donors (Lipinski definition) is 3. The molecule has 0 atom stereocenters. The van der Waals surface area contributed by atoms with E-state index in [-0.39, 0.29) is 23.0 Å². The van der Waals surface area contributed by atoms with Crippen LogP contribution < -0.4 is 16.8 Å². The maximum absolute atomic E-state index is 12.7. The van der Waals surface area contributed by atoms with Crippen LogP contribution in [0.15, 0.2) is 42.0 Å². The highest BCUT2D eigenvalue weighted by Crippen LogP contribution is 2.43. The number of rotatable bonds is 3. The summed E-state index contributed by atoms with van der Waals surface area (Å²) in [7, 11) is 0. The highest BCUT2D eigenvalue weighted by Gasteiger charge is 2.24. The van der Waals surface area contributed by atoms with Gasteiger partial charge in [-0.25, -0.2) is 4.98 Å². The number of hydrogen-bond acceptors (Lipinski definition) is 8. The largest absolute Gasteiger partial charge is 0.397 e. The Hall–Kier alpha value is -3.48. The van der Waals surface area contributed by atoms with E-state index in [2.05, 4.69) is 21.4 Å². The molecule has 0 radical (unpaired) electrons. The molecule has 0 saturated carbocycles. The molecule has 4 aromatic heterocycles. The molecule has 0 aliphatic carbocycles. The second kappa shape index (κ2) is 6.68. The van der Waals surface area contributed by atoms with Crippen molar-refractivity contribution in [1.82, 2.24) is 9.97 Å². The number of fused-ring (bicyclic) bond motifs is 1. The molecule has 0 unspecified atom stereocenters. The van der Waals surface area contributed by atoms with Crippen LogP contribution in [0.2, 0.25) is 0 Å². The topological polar surface area (TPSA) is 131 Å². The van der Waals surface area contributed by atoms with Crippen LogP contribution in [-0.4, -0.2) is 15.9 Å². The van der Waals surface area contributed by atoms with Crippen molar-refractivity contribution in [3.63, 3.8) is 0 Å². The van der Waals surface area contributed by atoms with Crippen molar-refractivity contribution in [3.8, 4) is 16.5 Å². The van der Waals surface area contributed by atoms with Gasteiger partial charge >= 0.3 is 0 Å². The number of amides is 1. The van der Waals surface area contributed by atoms with Crippen LogP contribution in [0.4, 0.5) is 17.2 Å². The van der Waals surface area contributed by atoms with E-state index in [1.807, 2.05) is 17.5 Å². The molecule has 7 nitrogen and oxygen atoms in total. The fraction of sp³-hybridized carbons (Fsp3) is 0. The highest BCUT2D eigenvalue weighted by atomic mass is 32.1. The third-order valence-corrected chi connectivity index (χ3v) is 5.91. The minimum Gasteiger partial charge on any atom is -0.397 e. The minimum absolute atomic E-state index is 0.121. The van der Waals surface area contributed by atoms with E-state index in [0.717, 1.165) is 16.2 Å². The molecule has 1 amide bonds. The molecular weight excluding hydrogens is 380 g/mol. The minimum atomic E-state index is -0.351. The van der Waals surface area contributed by atoms with Crippen molar-refractivity contribution in [2.24, 2.45) is 0 Å². The SMILES string of the molecule is N#Cc1c(N)nc2sc(C(=O)Nc3ccncc3)c(N)c2c1-c1cccs1. The first-order valence-electron chi connectivity index (χ1n) is 7.77. The van der Waals surface area contributed by atoms with E-state index in [9.17, 15) is 10.1 Å². The van der Waals surface area contributed by atoms with Crippen molar-refractivity contribution in [3.05, 3.63) is 52.5 Å². The van der Waals surface area contributed by atoms with Gasteiger partial charge in [-0.2, -0.15) is 5.26 Å². The van der Waals surface area contributed by atoms with Gasteiger partial charge in [-0.1, -0.05) is 6.07 Å². The summed E-state index contributed by atoms with van der Waals surface area (Å²) in [5.74, 6) is -0.230. The van der Waals surface area contributed by atoms with Crippen LogP contribution in [0.5, 0.6) is 0 Å². The zero-order valence-corrected chi connectivity index (χ0v) is 15.4. The van der Waals surface area contributed by atoms with Gasteiger partial charge in [0.05, 0.1) is 5.69 Å². The summed E-state index contributed by atoms with van der Waals surface area (Å²) in [6.45, 7) is 0. The molecule has 4 aromatic rings. The van der Waals surface area contributed by atoms with Gasteiger partial charge in [0.25, 0.3) is 5.91 Å². The number of nitrogen functional groups attached to an aromatic ring is 2. The Labute approximate surface area is 161 Å². The average molecular weight is 392 g/mol. The first kappa shape index (κ1) is 17.0. The van der Waals surface area contributed by atoms with Crippen LogP contribution in [0, 0.1) is 11.3 Å². The number of carbonyl (C=O) groups is 1. The molecule has 0 bridgehead atoms. The highest BCUT2D eigenvalue weighted by molar-refractivity contribution is 7.21. The lowest BCUT2D eigenvalue weighted by Crippen LogP contribution is -2.11. The van der Waals surface area contributed by atoms with Crippen LogP contribution in [0.1, 0.15) is 15.2 Å². The van der Waals surface area contributed by atoms with Crippen molar-refractivity contribution in [2.45, 2.75) is 0 Å². The molecule has 4 heterocycles. The summed E-state index contributed by atoms with van der Waals surface area (Å²) in [4.78, 5) is 22.6. The van der Waals surface area contributed by atoms with E-state index in [4.69, 9.17) is 11.5 Å². The molecule has 9 heteroatoms. The first-order valence-corrected chi connectivity index (χ1v) is 9.46. The van der Waals surface area contributed by atoms with E-state index < -0.39 is 0 Å². The molecule has 4 rings (SSSR count). The standard InChI is InChI=1S/C18H12N6OS2/c19-8-10-12(11-2-1-7-26-11)13-14(20)15(27-18(13)24-16(10)21)17(25)23-9-3-5-22-6-4-9/h1-7H,20H2,(H2,21,24)(H,22,23,25). The van der Waals surface area contributed by atoms with Gasteiger partial charge < -0.3 is 16.8 Å². The summed E-state index contributed by atoms with van der Waals surface area (Å²) in [5, 5.41) is 14.8. The van der Waals surface area contributed by atoms with Gasteiger partial charge in [0.2, 0.25) is 0 Å². The number of anilines is 3. The van der Waals surface area contributed by atoms with Crippen LogP contribution in [0.3, 0.4) is 0 Å². The smallest absolute Gasteiger partial charge is 0.267 e. The summed E-state index contributed by atoms with van der Waals surface area (Å²) >= 11 is 2.61. The number of carbonyl (C=O) groups excluding carboxylic acids is 1. The van der Waals surface area contributed by atoms with E-state index in [0.29, 0.717) is 26.3 Å². The molecule has 132 valence electrons. The van der Waals surface area contributed by atoms with Gasteiger partial charge in [-0.15, -0.1) is 22.7 Å². The Kier molecular flexibility index (Phi) is 4.19. The first-order chi connectivity index (χ1) is 13.1.